The smallest absolute Gasteiger partial charge is 0.296 e. The van der Waals surface area contributed by atoms with Crippen LogP contribution in [0, 0.1) is 15.9 Å². The Labute approximate surface area is 194 Å². The maximum atomic E-state index is 13.2. The van der Waals surface area contributed by atoms with Crippen molar-refractivity contribution in [1.29, 1.82) is 0 Å². The number of carbonyl (C=O) groups excluding carboxylic acids is 1. The molecular weight excluding hydrogens is 445 g/mol. The number of hydrogen-bond donors (Lipinski definition) is 1. The Morgan fingerprint density at radius 2 is 2.09 bits per heavy atom. The highest BCUT2D eigenvalue weighted by molar-refractivity contribution is 5.96. The molecule has 10 nitrogen and oxygen atoms in total. The number of anilines is 1. The van der Waals surface area contributed by atoms with Crippen molar-refractivity contribution < 1.29 is 23.4 Å². The van der Waals surface area contributed by atoms with Crippen molar-refractivity contribution in [1.82, 2.24) is 15.0 Å². The molecule has 34 heavy (non-hydrogen) atoms. The minimum absolute atomic E-state index is 0.0685. The van der Waals surface area contributed by atoms with Gasteiger partial charge in [0, 0.05) is 12.1 Å². The van der Waals surface area contributed by atoms with Gasteiger partial charge in [-0.15, -0.1) is 0 Å². The predicted molar refractivity (Wildman–Crippen MR) is 121 cm³/mol. The lowest BCUT2D eigenvalue weighted by Crippen LogP contribution is -2.46. The van der Waals surface area contributed by atoms with E-state index in [4.69, 9.17) is 9.26 Å². The van der Waals surface area contributed by atoms with Crippen molar-refractivity contribution >= 4 is 17.3 Å². The normalized spacial score (nSPS) is 17.2. The van der Waals surface area contributed by atoms with E-state index < -0.39 is 11.0 Å². The van der Waals surface area contributed by atoms with Gasteiger partial charge >= 0.3 is 0 Å². The Balaban J connectivity index is 1.44. The predicted octanol–water partition coefficient (Wildman–Crippen LogP) is 4.00. The van der Waals surface area contributed by atoms with Crippen molar-refractivity contribution in [2.24, 2.45) is 0 Å². The van der Waals surface area contributed by atoms with Crippen LogP contribution in [0.1, 0.15) is 31.6 Å². The Bertz CT molecular complexity index is 1180. The number of piperidine rings is 1. The molecular formula is C23H24FN5O5. The molecule has 0 radical (unpaired) electrons. The van der Waals surface area contributed by atoms with Crippen LogP contribution in [0.2, 0.25) is 0 Å². The van der Waals surface area contributed by atoms with E-state index in [9.17, 15) is 19.3 Å². The lowest BCUT2D eigenvalue weighted by atomic mass is 9.96. The zero-order valence-corrected chi connectivity index (χ0v) is 18.7. The minimum Gasteiger partial charge on any atom is -0.496 e. The quantitative estimate of drug-likeness (QED) is 0.407. The first-order valence-electron chi connectivity index (χ1n) is 10.8. The number of nitro benzene ring substituents is 1. The maximum Gasteiger partial charge on any atom is 0.296 e. The van der Waals surface area contributed by atoms with Gasteiger partial charge in [0.25, 0.3) is 5.69 Å². The van der Waals surface area contributed by atoms with Gasteiger partial charge in [-0.2, -0.15) is 4.98 Å². The fraction of sp³-hybridized carbons (Fsp3) is 0.348. The molecule has 1 amide bonds. The minimum atomic E-state index is -0.561. The van der Waals surface area contributed by atoms with Crippen LogP contribution in [0.25, 0.3) is 11.4 Å². The van der Waals surface area contributed by atoms with Crippen LogP contribution in [-0.4, -0.2) is 52.1 Å². The van der Waals surface area contributed by atoms with Crippen LogP contribution in [0.5, 0.6) is 5.75 Å². The van der Waals surface area contributed by atoms with Crippen LogP contribution < -0.4 is 10.1 Å². The largest absolute Gasteiger partial charge is 0.496 e. The highest BCUT2D eigenvalue weighted by Gasteiger charge is 2.32. The molecule has 2 heterocycles. The standard InChI is InChI=1S/C23H24FN5O5/c1-14(22(30)25-19-10-9-18(33-2)12-20(19)29(31)32)28-11-3-4-16(13-28)23-26-21(27-34-23)15-5-7-17(24)8-6-15/h5-10,12,14,16H,3-4,11,13H2,1-2H3,(H,25,30). The Kier molecular flexibility index (Phi) is 6.82. The van der Waals surface area contributed by atoms with E-state index in [1.807, 2.05) is 4.90 Å². The molecule has 1 saturated heterocycles. The van der Waals surface area contributed by atoms with Crippen molar-refractivity contribution in [3.63, 3.8) is 0 Å². The van der Waals surface area contributed by atoms with E-state index in [1.165, 1.54) is 31.4 Å². The molecule has 2 unspecified atom stereocenters. The zero-order valence-electron chi connectivity index (χ0n) is 18.7. The topological polar surface area (TPSA) is 124 Å². The van der Waals surface area contributed by atoms with Gasteiger partial charge in [0.1, 0.15) is 17.3 Å². The van der Waals surface area contributed by atoms with Crippen LogP contribution in [0.15, 0.2) is 47.0 Å². The molecule has 0 saturated carbocycles. The van der Waals surface area contributed by atoms with Gasteiger partial charge in [-0.25, -0.2) is 4.39 Å². The summed E-state index contributed by atoms with van der Waals surface area (Å²) in [6.45, 7) is 2.96. The second-order valence-electron chi connectivity index (χ2n) is 8.10. The number of nitrogens with zero attached hydrogens (tertiary/aromatic N) is 4. The first kappa shape index (κ1) is 23.3. The number of likely N-dealkylation sites (tertiary alicyclic amines) is 1. The van der Waals surface area contributed by atoms with Gasteiger partial charge in [0.05, 0.1) is 30.1 Å². The Morgan fingerprint density at radius 1 is 1.32 bits per heavy atom. The molecule has 1 fully saturated rings. The van der Waals surface area contributed by atoms with Crippen LogP contribution in [0.4, 0.5) is 15.8 Å². The summed E-state index contributed by atoms with van der Waals surface area (Å²) >= 11 is 0. The zero-order chi connectivity index (χ0) is 24.2. The number of nitro groups is 1. The summed E-state index contributed by atoms with van der Waals surface area (Å²) in [6, 6.07) is 9.58. The number of benzene rings is 2. The molecule has 11 heteroatoms. The van der Waals surface area contributed by atoms with Crippen molar-refractivity contribution in [3.8, 4) is 17.1 Å². The number of amides is 1. The summed E-state index contributed by atoms with van der Waals surface area (Å²) in [7, 11) is 1.41. The van der Waals surface area contributed by atoms with Crippen LogP contribution in [-0.2, 0) is 4.79 Å². The van der Waals surface area contributed by atoms with Gasteiger partial charge in [0.15, 0.2) is 0 Å². The van der Waals surface area contributed by atoms with E-state index in [0.717, 1.165) is 12.8 Å². The Hall–Kier alpha value is -3.86. The third-order valence-electron chi connectivity index (χ3n) is 5.93. The maximum absolute atomic E-state index is 13.2. The van der Waals surface area contributed by atoms with E-state index in [1.54, 1.807) is 25.1 Å². The van der Waals surface area contributed by atoms with Gasteiger partial charge in [-0.05, 0) is 62.7 Å². The Morgan fingerprint density at radius 3 is 2.79 bits per heavy atom. The van der Waals surface area contributed by atoms with Crippen LogP contribution >= 0.6 is 0 Å². The fourth-order valence-corrected chi connectivity index (χ4v) is 3.98. The molecule has 3 aromatic rings. The molecule has 0 spiro atoms. The average Bonchev–Trinajstić information content (AvgIpc) is 3.34. The second-order valence-corrected chi connectivity index (χ2v) is 8.10. The fourth-order valence-electron chi connectivity index (χ4n) is 3.98. The molecule has 2 aromatic carbocycles. The molecule has 1 N–H and O–H groups in total. The lowest BCUT2D eigenvalue weighted by molar-refractivity contribution is -0.384. The highest BCUT2D eigenvalue weighted by Crippen LogP contribution is 2.31. The number of nitrogens with one attached hydrogen (secondary N) is 1. The second kappa shape index (κ2) is 9.96. The molecule has 1 aliphatic rings. The summed E-state index contributed by atoms with van der Waals surface area (Å²) in [6.07, 6.45) is 1.64. The third-order valence-corrected chi connectivity index (χ3v) is 5.93. The molecule has 1 aliphatic heterocycles. The van der Waals surface area contributed by atoms with Crippen LogP contribution in [0.3, 0.4) is 0 Å². The summed E-state index contributed by atoms with van der Waals surface area (Å²) in [4.78, 5) is 30.2. The van der Waals surface area contributed by atoms with Gasteiger partial charge < -0.3 is 14.6 Å². The molecule has 4 rings (SSSR count). The summed E-state index contributed by atoms with van der Waals surface area (Å²) in [5.41, 5.74) is 0.519. The van der Waals surface area contributed by atoms with Crippen molar-refractivity contribution in [3.05, 3.63) is 64.3 Å². The summed E-state index contributed by atoms with van der Waals surface area (Å²) in [5.74, 6) is 0.401. The molecule has 0 bridgehead atoms. The van der Waals surface area contributed by atoms with Crippen molar-refractivity contribution in [2.45, 2.75) is 31.7 Å². The first-order chi connectivity index (χ1) is 16.4. The van der Waals surface area contributed by atoms with E-state index in [-0.39, 0.29) is 29.0 Å². The number of rotatable bonds is 7. The number of carbonyl (C=O) groups is 1. The number of hydrogen-bond acceptors (Lipinski definition) is 8. The van der Waals surface area contributed by atoms with Gasteiger partial charge in [-0.3, -0.25) is 19.8 Å². The summed E-state index contributed by atoms with van der Waals surface area (Å²) < 4.78 is 23.7. The van der Waals surface area contributed by atoms with Gasteiger partial charge in [0.2, 0.25) is 17.6 Å². The van der Waals surface area contributed by atoms with E-state index in [0.29, 0.717) is 36.1 Å². The van der Waals surface area contributed by atoms with Gasteiger partial charge in [-0.1, -0.05) is 5.16 Å². The first-order valence-corrected chi connectivity index (χ1v) is 10.8. The number of ether oxygens (including phenoxy) is 1. The molecule has 2 atom stereocenters. The van der Waals surface area contributed by atoms with E-state index >= 15 is 0 Å². The van der Waals surface area contributed by atoms with Crippen molar-refractivity contribution in [2.75, 3.05) is 25.5 Å². The monoisotopic (exact) mass is 469 g/mol. The number of halogens is 1. The third kappa shape index (κ3) is 5.04. The van der Waals surface area contributed by atoms with E-state index in [2.05, 4.69) is 15.5 Å². The molecule has 178 valence electrons. The average molecular weight is 469 g/mol. The molecule has 0 aliphatic carbocycles. The molecule has 1 aromatic heterocycles. The number of aromatic nitrogens is 2. The number of methoxy groups -OCH3 is 1. The highest BCUT2D eigenvalue weighted by atomic mass is 19.1. The summed E-state index contributed by atoms with van der Waals surface area (Å²) in [5, 5.41) is 18.1. The lowest BCUT2D eigenvalue weighted by Gasteiger charge is -2.34. The SMILES string of the molecule is COc1ccc(NC(=O)C(C)N2CCCC(c3nc(-c4ccc(F)cc4)no3)C2)c([N+](=O)[O-])c1.